The van der Waals surface area contributed by atoms with Crippen molar-refractivity contribution in [3.05, 3.63) is 89.0 Å². The number of carbonyl (C=O) groups is 2. The van der Waals surface area contributed by atoms with Gasteiger partial charge in [-0.3, -0.25) is 9.36 Å². The first-order valence-corrected chi connectivity index (χ1v) is 14.4. The van der Waals surface area contributed by atoms with Crippen LogP contribution in [0, 0.1) is 0 Å². The summed E-state index contributed by atoms with van der Waals surface area (Å²) < 4.78 is 24.0. The van der Waals surface area contributed by atoms with Crippen molar-refractivity contribution in [3.63, 3.8) is 0 Å². The van der Waals surface area contributed by atoms with Gasteiger partial charge in [0, 0.05) is 0 Å². The summed E-state index contributed by atoms with van der Waals surface area (Å²) in [5.41, 5.74) is 2.09. The Morgan fingerprint density at radius 3 is 2.50 bits per heavy atom. The number of hydrogen-bond donors (Lipinski definition) is 0. The molecule has 3 aromatic rings. The van der Waals surface area contributed by atoms with Gasteiger partial charge in [-0.15, -0.1) is 0 Å². The summed E-state index contributed by atoms with van der Waals surface area (Å²) in [6.07, 6.45) is 2.23. The van der Waals surface area contributed by atoms with Crippen LogP contribution >= 0.6 is 27.3 Å². The first-order chi connectivity index (χ1) is 19.3. The van der Waals surface area contributed by atoms with Crippen molar-refractivity contribution in [1.29, 1.82) is 0 Å². The number of carbonyl (C=O) groups excluding carboxylic acids is 2. The molecule has 1 aliphatic heterocycles. The van der Waals surface area contributed by atoms with E-state index in [2.05, 4.69) is 15.9 Å². The van der Waals surface area contributed by atoms with E-state index in [1.165, 1.54) is 18.4 Å². The van der Waals surface area contributed by atoms with Crippen LogP contribution in [0.5, 0.6) is 11.5 Å². The van der Waals surface area contributed by atoms with Gasteiger partial charge in [-0.25, -0.2) is 14.6 Å². The highest BCUT2D eigenvalue weighted by Gasteiger charge is 2.33. The highest BCUT2D eigenvalue weighted by Crippen LogP contribution is 2.37. The van der Waals surface area contributed by atoms with E-state index in [9.17, 15) is 14.4 Å². The number of esters is 2. The molecule has 2 aromatic carbocycles. The Bertz CT molecular complexity index is 1630. The Morgan fingerprint density at radius 1 is 1.10 bits per heavy atom. The standard InChI is InChI=1S/C29H29BrN2O7S/c1-5-20-24(28(35)36-4)25(18-11-9-8-10-12-18)32-27(34)22(40-29(32)31-20)15-17-13-19(30)26(21(14-17)37-6-2)39-16-23(33)38-7-3/h8-15,25H,5-7,16H2,1-4H3/b22-15-/t25-/m0/s1. The number of rotatable bonds is 10. The third-order valence-corrected chi connectivity index (χ3v) is 7.61. The third kappa shape index (κ3) is 6.05. The maximum Gasteiger partial charge on any atom is 0.344 e. The number of benzene rings is 2. The molecule has 0 unspecified atom stereocenters. The van der Waals surface area contributed by atoms with Gasteiger partial charge < -0.3 is 18.9 Å². The molecule has 0 bridgehead atoms. The normalized spacial score (nSPS) is 14.8. The third-order valence-electron chi connectivity index (χ3n) is 6.03. The fourth-order valence-corrected chi connectivity index (χ4v) is 5.97. The van der Waals surface area contributed by atoms with Crippen LogP contribution in [0.1, 0.15) is 44.4 Å². The molecule has 40 heavy (non-hydrogen) atoms. The van der Waals surface area contributed by atoms with E-state index < -0.39 is 18.0 Å². The number of nitrogens with zero attached hydrogens (tertiary/aromatic N) is 2. The molecule has 1 atom stereocenters. The molecule has 0 amide bonds. The number of hydrogen-bond acceptors (Lipinski definition) is 9. The predicted octanol–water partition coefficient (Wildman–Crippen LogP) is 3.90. The lowest BCUT2D eigenvalue weighted by Crippen LogP contribution is -2.40. The Balaban J connectivity index is 1.84. The van der Waals surface area contributed by atoms with Crippen LogP contribution in [0.3, 0.4) is 0 Å². The van der Waals surface area contributed by atoms with Crippen LogP contribution < -0.4 is 24.4 Å². The highest BCUT2D eigenvalue weighted by molar-refractivity contribution is 9.10. The van der Waals surface area contributed by atoms with E-state index in [0.29, 0.717) is 55.2 Å². The van der Waals surface area contributed by atoms with E-state index >= 15 is 0 Å². The second-order valence-corrected chi connectivity index (χ2v) is 10.4. The summed E-state index contributed by atoms with van der Waals surface area (Å²) in [6.45, 7) is 5.81. The molecule has 0 N–H and O–H groups in total. The second kappa shape index (κ2) is 13.1. The van der Waals surface area contributed by atoms with Crippen LogP contribution in [-0.2, 0) is 19.1 Å². The molecule has 210 valence electrons. The molecular formula is C29H29BrN2O7S. The largest absolute Gasteiger partial charge is 0.490 e. The maximum absolute atomic E-state index is 13.8. The fraction of sp³-hybridized carbons (Fsp3) is 0.310. The quantitative estimate of drug-likeness (QED) is 0.314. The number of methoxy groups -OCH3 is 1. The van der Waals surface area contributed by atoms with Crippen LogP contribution in [0.4, 0.5) is 0 Å². The van der Waals surface area contributed by atoms with E-state index in [1.54, 1.807) is 29.7 Å². The topological polar surface area (TPSA) is 105 Å². The molecule has 0 fully saturated rings. The van der Waals surface area contributed by atoms with Crippen molar-refractivity contribution in [2.75, 3.05) is 26.9 Å². The SMILES string of the molecule is CCOC(=O)COc1c(Br)cc(/C=c2\sc3n(c2=O)[C@@H](c2ccccc2)C(C(=O)OC)=C(CC)N=3)cc1OCC. The van der Waals surface area contributed by atoms with Gasteiger partial charge in [0.2, 0.25) is 0 Å². The minimum atomic E-state index is -0.675. The zero-order valence-electron chi connectivity index (χ0n) is 22.6. The van der Waals surface area contributed by atoms with Crippen LogP contribution in [0.2, 0.25) is 0 Å². The van der Waals surface area contributed by atoms with Crippen LogP contribution in [-0.4, -0.2) is 43.4 Å². The van der Waals surface area contributed by atoms with E-state index in [-0.39, 0.29) is 18.8 Å². The molecule has 0 saturated heterocycles. The number of halogens is 1. The number of aromatic nitrogens is 1. The zero-order valence-corrected chi connectivity index (χ0v) is 25.0. The van der Waals surface area contributed by atoms with Gasteiger partial charge in [0.25, 0.3) is 5.56 Å². The number of fused-ring (bicyclic) bond motifs is 1. The Hall–Kier alpha value is -3.70. The minimum Gasteiger partial charge on any atom is -0.490 e. The summed E-state index contributed by atoms with van der Waals surface area (Å²) >= 11 is 4.74. The molecule has 0 radical (unpaired) electrons. The number of thiazole rings is 1. The average molecular weight is 630 g/mol. The summed E-state index contributed by atoms with van der Waals surface area (Å²) in [6, 6.07) is 12.2. The summed E-state index contributed by atoms with van der Waals surface area (Å²) in [7, 11) is 1.32. The smallest absolute Gasteiger partial charge is 0.344 e. The first kappa shape index (κ1) is 29.3. The lowest BCUT2D eigenvalue weighted by atomic mass is 9.95. The summed E-state index contributed by atoms with van der Waals surface area (Å²) in [5.74, 6) is -0.253. The number of ether oxygens (including phenoxy) is 4. The zero-order chi connectivity index (χ0) is 28.8. The van der Waals surface area contributed by atoms with Gasteiger partial charge >= 0.3 is 11.9 Å². The van der Waals surface area contributed by atoms with Gasteiger partial charge in [0.1, 0.15) is 0 Å². The Kier molecular flexibility index (Phi) is 9.59. The van der Waals surface area contributed by atoms with Crippen molar-refractivity contribution in [3.8, 4) is 11.5 Å². The molecule has 4 rings (SSSR count). The molecule has 1 aromatic heterocycles. The molecule has 2 heterocycles. The second-order valence-electron chi connectivity index (χ2n) is 8.56. The highest BCUT2D eigenvalue weighted by atomic mass is 79.9. The Morgan fingerprint density at radius 2 is 1.85 bits per heavy atom. The van der Waals surface area contributed by atoms with Gasteiger partial charge in [0.15, 0.2) is 22.9 Å². The van der Waals surface area contributed by atoms with Crippen molar-refractivity contribution in [1.82, 2.24) is 4.57 Å². The van der Waals surface area contributed by atoms with Crippen molar-refractivity contribution < 1.29 is 28.5 Å². The van der Waals surface area contributed by atoms with Gasteiger partial charge in [0.05, 0.1) is 46.6 Å². The van der Waals surface area contributed by atoms with E-state index in [4.69, 9.17) is 23.9 Å². The lowest BCUT2D eigenvalue weighted by molar-refractivity contribution is -0.145. The fourth-order valence-electron chi connectivity index (χ4n) is 4.37. The monoisotopic (exact) mass is 628 g/mol. The Labute approximate surface area is 243 Å². The van der Waals surface area contributed by atoms with Gasteiger partial charge in [-0.2, -0.15) is 0 Å². The summed E-state index contributed by atoms with van der Waals surface area (Å²) in [5, 5.41) is 0. The molecule has 0 saturated carbocycles. The maximum atomic E-state index is 13.8. The van der Waals surface area contributed by atoms with Crippen molar-refractivity contribution in [2.24, 2.45) is 4.99 Å². The molecule has 1 aliphatic rings. The first-order valence-electron chi connectivity index (χ1n) is 12.8. The van der Waals surface area contributed by atoms with Gasteiger partial charge in [-0.05, 0) is 65.5 Å². The molecule has 11 heteroatoms. The molecule has 9 nitrogen and oxygen atoms in total. The molecule has 0 spiro atoms. The summed E-state index contributed by atoms with van der Waals surface area (Å²) in [4.78, 5) is 43.8. The predicted molar refractivity (Wildman–Crippen MR) is 154 cm³/mol. The van der Waals surface area contributed by atoms with Crippen LogP contribution in [0.15, 0.2) is 68.0 Å². The van der Waals surface area contributed by atoms with Gasteiger partial charge in [-0.1, -0.05) is 48.6 Å². The molecular weight excluding hydrogens is 600 g/mol. The van der Waals surface area contributed by atoms with Crippen LogP contribution in [0.25, 0.3) is 6.08 Å². The van der Waals surface area contributed by atoms with E-state index in [1.807, 2.05) is 44.2 Å². The number of allylic oxidation sites excluding steroid dienone is 1. The lowest BCUT2D eigenvalue weighted by Gasteiger charge is -2.25. The van der Waals surface area contributed by atoms with E-state index in [0.717, 1.165) is 5.56 Å². The minimum absolute atomic E-state index is 0.254. The van der Waals surface area contributed by atoms with Crippen molar-refractivity contribution in [2.45, 2.75) is 33.2 Å². The van der Waals surface area contributed by atoms with Crippen molar-refractivity contribution >= 4 is 45.3 Å². The average Bonchev–Trinajstić information content (AvgIpc) is 3.26. The molecule has 0 aliphatic carbocycles.